The number of nitrogens with two attached hydrogens (primary N) is 1. The number of fused-ring (bicyclic) bond motifs is 1. The van der Waals surface area contributed by atoms with E-state index in [2.05, 4.69) is 28.4 Å². The van der Waals surface area contributed by atoms with Crippen molar-refractivity contribution in [2.75, 3.05) is 33.0 Å². The van der Waals surface area contributed by atoms with E-state index in [0.717, 1.165) is 10.9 Å². The quantitative estimate of drug-likeness (QED) is 0.294. The largest absolute Gasteiger partial charge is 0.493 e. The van der Waals surface area contributed by atoms with Gasteiger partial charge in [0.15, 0.2) is 23.1 Å². The van der Waals surface area contributed by atoms with E-state index >= 15 is 0 Å². The van der Waals surface area contributed by atoms with Crippen molar-refractivity contribution in [3.63, 3.8) is 0 Å². The molecule has 2 N–H and O–H groups in total. The standard InChI is InChI=1S/C27H24F2N6O3S/c1-5-21(36)34-9-8-15(13-34)35-25-17(27-32-11-14(2)39-27)12-31-26(30)22(25)18(33-35)7-6-16-23(28)19(37-3)10-20(38-4)24(16)29/h5,10-12,15H,1,8-9,13H2,2-4H3,(H2,30,31)/t15-/m0/s1. The molecule has 1 amide bonds. The third-order valence-corrected chi connectivity index (χ3v) is 7.43. The number of methoxy groups -OCH3 is 2. The van der Waals surface area contributed by atoms with Crippen LogP contribution in [-0.2, 0) is 4.79 Å². The summed E-state index contributed by atoms with van der Waals surface area (Å²) in [5.41, 5.74) is 7.29. The van der Waals surface area contributed by atoms with Gasteiger partial charge in [-0.1, -0.05) is 12.5 Å². The predicted octanol–water partition coefficient (Wildman–Crippen LogP) is 4.10. The van der Waals surface area contributed by atoms with Crippen LogP contribution < -0.4 is 15.2 Å². The molecule has 1 aliphatic rings. The molecular formula is C27H24F2N6O3S. The summed E-state index contributed by atoms with van der Waals surface area (Å²) in [6, 6.07) is 0.902. The minimum absolute atomic E-state index is 0.152. The van der Waals surface area contributed by atoms with Gasteiger partial charge >= 0.3 is 0 Å². The number of hydrogen-bond acceptors (Lipinski definition) is 8. The first-order valence-electron chi connectivity index (χ1n) is 11.9. The van der Waals surface area contributed by atoms with E-state index in [0.29, 0.717) is 41.0 Å². The van der Waals surface area contributed by atoms with Crippen LogP contribution in [0.1, 0.15) is 28.6 Å². The summed E-state index contributed by atoms with van der Waals surface area (Å²) < 4.78 is 41.8. The first kappa shape index (κ1) is 26.1. The van der Waals surface area contributed by atoms with Gasteiger partial charge in [-0.05, 0) is 25.3 Å². The number of aryl methyl sites for hydroxylation is 1. The lowest BCUT2D eigenvalue weighted by Crippen LogP contribution is -2.27. The van der Waals surface area contributed by atoms with Crippen LogP contribution in [0.2, 0.25) is 0 Å². The van der Waals surface area contributed by atoms with Crippen LogP contribution in [0.5, 0.6) is 11.5 Å². The number of anilines is 1. The number of aromatic nitrogens is 4. The summed E-state index contributed by atoms with van der Waals surface area (Å²) in [4.78, 5) is 23.8. The van der Waals surface area contributed by atoms with E-state index < -0.39 is 17.2 Å². The van der Waals surface area contributed by atoms with E-state index in [1.807, 2.05) is 6.92 Å². The van der Waals surface area contributed by atoms with Gasteiger partial charge in [-0.25, -0.2) is 18.7 Å². The number of pyridine rings is 1. The number of carbonyl (C=O) groups excluding carboxylic acids is 1. The molecule has 1 atom stereocenters. The van der Waals surface area contributed by atoms with Gasteiger partial charge in [-0.15, -0.1) is 11.3 Å². The van der Waals surface area contributed by atoms with Crippen molar-refractivity contribution in [1.29, 1.82) is 0 Å². The Bertz CT molecular complexity index is 1660. The van der Waals surface area contributed by atoms with Crippen LogP contribution in [0.25, 0.3) is 21.5 Å². The van der Waals surface area contributed by atoms with Gasteiger partial charge in [0.05, 0.1) is 36.7 Å². The van der Waals surface area contributed by atoms with Crippen LogP contribution in [-0.4, -0.2) is 57.9 Å². The highest BCUT2D eigenvalue weighted by Gasteiger charge is 2.31. The molecule has 0 bridgehead atoms. The van der Waals surface area contributed by atoms with E-state index in [9.17, 15) is 13.6 Å². The predicted molar refractivity (Wildman–Crippen MR) is 144 cm³/mol. The van der Waals surface area contributed by atoms with Crippen LogP contribution in [0.4, 0.5) is 14.6 Å². The van der Waals surface area contributed by atoms with E-state index in [1.54, 1.807) is 22.0 Å². The number of nitrogens with zero attached hydrogens (tertiary/aromatic N) is 5. The molecule has 5 rings (SSSR count). The molecule has 3 aromatic heterocycles. The van der Waals surface area contributed by atoms with Gasteiger partial charge in [0.1, 0.15) is 22.1 Å². The summed E-state index contributed by atoms with van der Waals surface area (Å²) in [7, 11) is 2.52. The van der Waals surface area contributed by atoms with E-state index in [-0.39, 0.29) is 35.0 Å². The van der Waals surface area contributed by atoms with Gasteiger partial charge < -0.3 is 20.1 Å². The second-order valence-corrected chi connectivity index (χ2v) is 10.0. The van der Waals surface area contributed by atoms with Gasteiger partial charge in [-0.2, -0.15) is 5.10 Å². The summed E-state index contributed by atoms with van der Waals surface area (Å²) in [5, 5.41) is 5.87. The van der Waals surface area contributed by atoms with Crippen molar-refractivity contribution < 1.29 is 23.0 Å². The molecule has 0 aliphatic carbocycles. The number of likely N-dealkylation sites (tertiary alicyclic amines) is 1. The number of hydrogen-bond donors (Lipinski definition) is 1. The van der Waals surface area contributed by atoms with Crippen molar-refractivity contribution in [3.05, 3.63) is 58.9 Å². The fraction of sp³-hybridized carbons (Fsp3) is 0.259. The maximum absolute atomic E-state index is 15.0. The zero-order chi connectivity index (χ0) is 27.8. The van der Waals surface area contributed by atoms with Crippen molar-refractivity contribution in [2.24, 2.45) is 0 Å². The number of rotatable bonds is 5. The Morgan fingerprint density at radius 2 is 1.92 bits per heavy atom. The SMILES string of the molecule is C=CC(=O)N1CC[C@H](n2nc(C#Cc3c(F)c(OC)cc(OC)c3F)c3c(N)ncc(-c4ncc(C)s4)c32)C1. The van der Waals surface area contributed by atoms with Gasteiger partial charge in [0.2, 0.25) is 5.91 Å². The second-order valence-electron chi connectivity index (χ2n) is 8.81. The number of amides is 1. The Hall–Kier alpha value is -4.50. The molecule has 0 unspecified atom stereocenters. The number of thiazole rings is 1. The zero-order valence-corrected chi connectivity index (χ0v) is 22.2. The van der Waals surface area contributed by atoms with Crippen LogP contribution >= 0.6 is 11.3 Å². The van der Waals surface area contributed by atoms with Crippen LogP contribution in [0, 0.1) is 30.4 Å². The minimum atomic E-state index is -0.966. The molecule has 1 aliphatic heterocycles. The van der Waals surface area contributed by atoms with Gasteiger partial charge in [-0.3, -0.25) is 9.48 Å². The summed E-state index contributed by atoms with van der Waals surface area (Å²) in [5.74, 6) is 2.97. The maximum atomic E-state index is 15.0. The molecule has 0 saturated carbocycles. The molecule has 12 heteroatoms. The minimum Gasteiger partial charge on any atom is -0.493 e. The third kappa shape index (κ3) is 4.55. The van der Waals surface area contributed by atoms with E-state index in [4.69, 9.17) is 20.3 Å². The zero-order valence-electron chi connectivity index (χ0n) is 21.4. The fourth-order valence-corrected chi connectivity index (χ4v) is 5.35. The lowest BCUT2D eigenvalue weighted by molar-refractivity contribution is -0.125. The van der Waals surface area contributed by atoms with Gasteiger partial charge in [0, 0.05) is 36.4 Å². The average molecular weight is 551 g/mol. The normalized spacial score (nSPS) is 14.8. The number of carbonyl (C=O) groups is 1. The Kier molecular flexibility index (Phi) is 6.93. The fourth-order valence-electron chi connectivity index (χ4n) is 4.57. The molecule has 1 aromatic carbocycles. The first-order valence-corrected chi connectivity index (χ1v) is 12.7. The number of benzene rings is 1. The Morgan fingerprint density at radius 1 is 1.21 bits per heavy atom. The number of ether oxygens (including phenoxy) is 2. The third-order valence-electron chi connectivity index (χ3n) is 6.48. The van der Waals surface area contributed by atoms with E-state index in [1.165, 1.54) is 31.6 Å². The van der Waals surface area contributed by atoms with Crippen LogP contribution in [0.15, 0.2) is 31.1 Å². The number of nitrogen functional groups attached to an aromatic ring is 1. The van der Waals surface area contributed by atoms with Crippen LogP contribution in [0.3, 0.4) is 0 Å². The summed E-state index contributed by atoms with van der Waals surface area (Å²) >= 11 is 1.48. The maximum Gasteiger partial charge on any atom is 0.246 e. The Morgan fingerprint density at radius 3 is 2.54 bits per heavy atom. The smallest absolute Gasteiger partial charge is 0.246 e. The highest BCUT2D eigenvalue weighted by Crippen LogP contribution is 2.38. The average Bonchev–Trinajstić information content (AvgIpc) is 3.68. The van der Waals surface area contributed by atoms with Crippen molar-refractivity contribution in [2.45, 2.75) is 19.4 Å². The molecule has 200 valence electrons. The molecule has 1 saturated heterocycles. The molecule has 0 spiro atoms. The monoisotopic (exact) mass is 550 g/mol. The molecule has 0 radical (unpaired) electrons. The molecule has 1 fully saturated rings. The highest BCUT2D eigenvalue weighted by atomic mass is 32.1. The molecule has 9 nitrogen and oxygen atoms in total. The van der Waals surface area contributed by atoms with Gasteiger partial charge in [0.25, 0.3) is 0 Å². The lowest BCUT2D eigenvalue weighted by Gasteiger charge is -2.16. The Labute approximate surface area is 226 Å². The highest BCUT2D eigenvalue weighted by molar-refractivity contribution is 7.15. The number of halogens is 2. The molecular weight excluding hydrogens is 526 g/mol. The topological polar surface area (TPSA) is 108 Å². The van der Waals surface area contributed by atoms with Crippen molar-refractivity contribution >= 4 is 34.0 Å². The second kappa shape index (κ2) is 10.3. The Balaban J connectivity index is 1.73. The molecule has 4 heterocycles. The lowest BCUT2D eigenvalue weighted by atomic mass is 10.1. The summed E-state index contributed by atoms with van der Waals surface area (Å²) in [6.45, 7) is 6.43. The van der Waals surface area contributed by atoms with Crippen molar-refractivity contribution in [1.82, 2.24) is 24.6 Å². The summed E-state index contributed by atoms with van der Waals surface area (Å²) in [6.07, 6.45) is 5.28. The first-order chi connectivity index (χ1) is 18.8. The molecule has 4 aromatic rings. The molecule has 39 heavy (non-hydrogen) atoms. The van der Waals surface area contributed by atoms with Crippen molar-refractivity contribution in [3.8, 4) is 33.9 Å².